The molecular formula is C16H15N3O2. The number of nitrogens with one attached hydrogen (secondary N) is 1. The van der Waals surface area contributed by atoms with E-state index in [2.05, 4.69) is 10.3 Å². The third-order valence-electron chi connectivity index (χ3n) is 3.35. The maximum atomic E-state index is 12.1. The van der Waals surface area contributed by atoms with Crippen LogP contribution in [-0.2, 0) is 6.54 Å². The molecular weight excluding hydrogens is 266 g/mol. The molecule has 0 saturated heterocycles. The molecule has 106 valence electrons. The molecule has 3 N–H and O–H groups in total. The fourth-order valence-corrected chi connectivity index (χ4v) is 2.12. The first kappa shape index (κ1) is 13.2. The van der Waals surface area contributed by atoms with Crippen LogP contribution in [0.3, 0.4) is 0 Å². The minimum absolute atomic E-state index is 0.256. The first-order valence-electron chi connectivity index (χ1n) is 6.60. The van der Waals surface area contributed by atoms with Crippen molar-refractivity contribution in [3.05, 3.63) is 59.6 Å². The minimum Gasteiger partial charge on any atom is -0.451 e. The van der Waals surface area contributed by atoms with Gasteiger partial charge in [-0.15, -0.1) is 0 Å². The van der Waals surface area contributed by atoms with Gasteiger partial charge in [0, 0.05) is 30.0 Å². The molecule has 0 atom stereocenters. The summed E-state index contributed by atoms with van der Waals surface area (Å²) in [5, 5.41) is 3.65. The molecule has 3 aromatic rings. The number of aromatic nitrogens is 1. The highest BCUT2D eigenvalue weighted by molar-refractivity contribution is 5.96. The van der Waals surface area contributed by atoms with E-state index in [1.165, 1.54) is 0 Å². The normalized spacial score (nSPS) is 10.7. The molecule has 0 bridgehead atoms. The van der Waals surface area contributed by atoms with Crippen molar-refractivity contribution in [1.82, 2.24) is 10.3 Å². The van der Waals surface area contributed by atoms with E-state index in [1.807, 2.05) is 13.0 Å². The first-order chi connectivity index (χ1) is 10.1. The molecule has 0 aliphatic carbocycles. The van der Waals surface area contributed by atoms with E-state index >= 15 is 0 Å². The molecule has 0 radical (unpaired) electrons. The van der Waals surface area contributed by atoms with E-state index in [0.717, 1.165) is 16.5 Å². The SMILES string of the molecule is Cc1ccncc1CNC(=O)c1cc2cc(N)ccc2o1. The molecule has 21 heavy (non-hydrogen) atoms. The molecule has 0 unspecified atom stereocenters. The largest absolute Gasteiger partial charge is 0.451 e. The van der Waals surface area contributed by atoms with Gasteiger partial charge in [-0.1, -0.05) is 0 Å². The van der Waals surface area contributed by atoms with Gasteiger partial charge >= 0.3 is 0 Å². The zero-order valence-electron chi connectivity index (χ0n) is 11.6. The lowest BCUT2D eigenvalue weighted by Crippen LogP contribution is -2.22. The van der Waals surface area contributed by atoms with Gasteiger partial charge in [-0.25, -0.2) is 0 Å². The van der Waals surface area contributed by atoms with Gasteiger partial charge in [0.1, 0.15) is 5.58 Å². The molecule has 5 nitrogen and oxygen atoms in total. The Morgan fingerprint density at radius 3 is 3.00 bits per heavy atom. The Morgan fingerprint density at radius 2 is 2.19 bits per heavy atom. The lowest BCUT2D eigenvalue weighted by Gasteiger charge is -2.05. The summed E-state index contributed by atoms with van der Waals surface area (Å²) in [7, 11) is 0. The topological polar surface area (TPSA) is 81.2 Å². The third kappa shape index (κ3) is 2.72. The highest BCUT2D eigenvalue weighted by Crippen LogP contribution is 2.21. The number of nitrogens with two attached hydrogens (primary N) is 1. The Kier molecular flexibility index (Phi) is 3.31. The molecule has 0 aliphatic rings. The summed E-state index contributed by atoms with van der Waals surface area (Å²) in [6, 6.07) is 8.88. The van der Waals surface area contributed by atoms with E-state index < -0.39 is 0 Å². The Labute approximate surface area is 121 Å². The van der Waals surface area contributed by atoms with Gasteiger partial charge in [0.25, 0.3) is 5.91 Å². The van der Waals surface area contributed by atoms with Crippen molar-refractivity contribution in [2.24, 2.45) is 0 Å². The molecule has 0 fully saturated rings. The van der Waals surface area contributed by atoms with Crippen LogP contribution in [-0.4, -0.2) is 10.9 Å². The fourth-order valence-electron chi connectivity index (χ4n) is 2.12. The minimum atomic E-state index is -0.256. The summed E-state index contributed by atoms with van der Waals surface area (Å²) in [5.41, 5.74) is 9.06. The van der Waals surface area contributed by atoms with Crippen molar-refractivity contribution in [3.8, 4) is 0 Å². The maximum Gasteiger partial charge on any atom is 0.287 e. The molecule has 2 heterocycles. The number of nitrogens with zero attached hydrogens (tertiary/aromatic N) is 1. The van der Waals surface area contributed by atoms with Gasteiger partial charge in [-0.05, 0) is 48.4 Å². The van der Waals surface area contributed by atoms with Crippen LogP contribution in [0, 0.1) is 6.92 Å². The number of fused-ring (bicyclic) bond motifs is 1. The van der Waals surface area contributed by atoms with Crippen LogP contribution >= 0.6 is 0 Å². The molecule has 0 saturated carbocycles. The Morgan fingerprint density at radius 1 is 1.33 bits per heavy atom. The zero-order chi connectivity index (χ0) is 14.8. The highest BCUT2D eigenvalue weighted by Gasteiger charge is 2.12. The summed E-state index contributed by atoms with van der Waals surface area (Å²) >= 11 is 0. The highest BCUT2D eigenvalue weighted by atomic mass is 16.3. The zero-order valence-corrected chi connectivity index (χ0v) is 11.6. The number of hydrogen-bond acceptors (Lipinski definition) is 4. The van der Waals surface area contributed by atoms with Crippen LogP contribution in [0.25, 0.3) is 11.0 Å². The second-order valence-corrected chi connectivity index (χ2v) is 4.89. The number of hydrogen-bond donors (Lipinski definition) is 2. The Bertz CT molecular complexity index is 808. The van der Waals surface area contributed by atoms with Crippen molar-refractivity contribution in [2.75, 3.05) is 5.73 Å². The van der Waals surface area contributed by atoms with Crippen molar-refractivity contribution < 1.29 is 9.21 Å². The van der Waals surface area contributed by atoms with Crippen molar-refractivity contribution >= 4 is 22.6 Å². The average molecular weight is 281 g/mol. The van der Waals surface area contributed by atoms with Crippen LogP contribution < -0.4 is 11.1 Å². The van der Waals surface area contributed by atoms with Crippen LogP contribution in [0.1, 0.15) is 21.7 Å². The van der Waals surface area contributed by atoms with E-state index in [0.29, 0.717) is 17.8 Å². The number of pyridine rings is 1. The van der Waals surface area contributed by atoms with Crippen molar-refractivity contribution in [2.45, 2.75) is 13.5 Å². The van der Waals surface area contributed by atoms with Crippen LogP contribution in [0.5, 0.6) is 0 Å². The first-order valence-corrected chi connectivity index (χ1v) is 6.60. The molecule has 5 heteroatoms. The van der Waals surface area contributed by atoms with Gasteiger partial charge in [-0.2, -0.15) is 0 Å². The number of nitrogen functional groups attached to an aromatic ring is 1. The summed E-state index contributed by atoms with van der Waals surface area (Å²) in [6.07, 6.45) is 3.47. The number of carbonyl (C=O) groups excluding carboxylic acids is 1. The number of aryl methyl sites for hydroxylation is 1. The lowest BCUT2D eigenvalue weighted by molar-refractivity contribution is 0.0925. The van der Waals surface area contributed by atoms with Gasteiger partial charge in [-0.3, -0.25) is 9.78 Å². The molecule has 1 aromatic carbocycles. The maximum absolute atomic E-state index is 12.1. The summed E-state index contributed by atoms with van der Waals surface area (Å²) in [4.78, 5) is 16.2. The molecule has 0 aliphatic heterocycles. The fraction of sp³-hybridized carbons (Fsp3) is 0.125. The van der Waals surface area contributed by atoms with Crippen molar-refractivity contribution in [3.63, 3.8) is 0 Å². The predicted molar refractivity (Wildman–Crippen MR) is 80.8 cm³/mol. The van der Waals surface area contributed by atoms with Crippen LogP contribution in [0.4, 0.5) is 5.69 Å². The molecule has 0 spiro atoms. The Balaban J connectivity index is 1.76. The van der Waals surface area contributed by atoms with E-state index in [9.17, 15) is 4.79 Å². The summed E-state index contributed by atoms with van der Waals surface area (Å²) in [5.74, 6) is 0.0187. The summed E-state index contributed by atoms with van der Waals surface area (Å²) < 4.78 is 5.52. The monoisotopic (exact) mass is 281 g/mol. The van der Waals surface area contributed by atoms with Crippen LogP contribution in [0.2, 0.25) is 0 Å². The quantitative estimate of drug-likeness (QED) is 0.723. The van der Waals surface area contributed by atoms with Crippen LogP contribution in [0.15, 0.2) is 47.1 Å². The summed E-state index contributed by atoms with van der Waals surface area (Å²) in [6.45, 7) is 2.39. The Hall–Kier alpha value is -2.82. The molecule has 1 amide bonds. The number of anilines is 1. The molecule has 3 rings (SSSR count). The van der Waals surface area contributed by atoms with Gasteiger partial charge in [0.2, 0.25) is 0 Å². The number of carbonyl (C=O) groups is 1. The average Bonchev–Trinajstić information content (AvgIpc) is 2.89. The standard InChI is InChI=1S/C16H15N3O2/c1-10-4-5-18-8-12(10)9-19-16(20)15-7-11-6-13(17)2-3-14(11)21-15/h2-8H,9,17H2,1H3,(H,19,20). The number of rotatable bonds is 3. The lowest BCUT2D eigenvalue weighted by atomic mass is 10.1. The second-order valence-electron chi connectivity index (χ2n) is 4.89. The molecule has 2 aromatic heterocycles. The third-order valence-corrected chi connectivity index (χ3v) is 3.35. The number of furan rings is 1. The van der Waals surface area contributed by atoms with E-state index in [4.69, 9.17) is 10.2 Å². The van der Waals surface area contributed by atoms with E-state index in [-0.39, 0.29) is 11.7 Å². The van der Waals surface area contributed by atoms with Gasteiger partial charge in [0.05, 0.1) is 0 Å². The predicted octanol–water partition coefficient (Wildman–Crippen LogP) is 2.65. The van der Waals surface area contributed by atoms with Gasteiger partial charge < -0.3 is 15.5 Å². The van der Waals surface area contributed by atoms with Crippen molar-refractivity contribution in [1.29, 1.82) is 0 Å². The van der Waals surface area contributed by atoms with Gasteiger partial charge in [0.15, 0.2) is 5.76 Å². The number of benzene rings is 1. The number of amides is 1. The van der Waals surface area contributed by atoms with E-state index in [1.54, 1.807) is 36.7 Å². The second kappa shape index (κ2) is 5.28. The smallest absolute Gasteiger partial charge is 0.287 e.